The molecule has 0 heterocycles. The molecule has 0 unspecified atom stereocenters. The van der Waals surface area contributed by atoms with E-state index in [4.69, 9.17) is 0 Å². The summed E-state index contributed by atoms with van der Waals surface area (Å²) in [6.45, 7) is 0. The topological polar surface area (TPSA) is 57.2 Å². The SMILES string of the molecule is O=S(=O)([O-])C(F)(F)C(F)(F)C(F)(F)C(F)(F)CCCCC(F)(F)F.[Na+]. The number of hydrogen-bond donors (Lipinski definition) is 0. The van der Waals surface area contributed by atoms with Crippen LogP contribution in [0.5, 0.6) is 0 Å². The van der Waals surface area contributed by atoms with Crippen molar-refractivity contribution < 1.29 is 90.8 Å². The van der Waals surface area contributed by atoms with Crippen LogP contribution in [-0.2, 0) is 10.1 Å². The fourth-order valence-corrected chi connectivity index (χ4v) is 1.84. The third kappa shape index (κ3) is 5.81. The minimum absolute atomic E-state index is 0. The van der Waals surface area contributed by atoms with E-state index >= 15 is 0 Å². The Morgan fingerprint density at radius 3 is 1.36 bits per heavy atom. The maximum absolute atomic E-state index is 13.1. The Balaban J connectivity index is 0. The molecule has 16 heteroatoms. The normalized spacial score (nSPS) is 15.0. The molecule has 0 rings (SSSR count). The summed E-state index contributed by atoms with van der Waals surface area (Å²) >= 11 is 0. The molecular weight excluding hydrogens is 420 g/mol. The Hall–Kier alpha value is 0.140. The van der Waals surface area contributed by atoms with Crippen molar-refractivity contribution in [3.05, 3.63) is 0 Å². The van der Waals surface area contributed by atoms with E-state index in [-0.39, 0.29) is 29.6 Å². The standard InChI is InChI=1S/C9H9F11O3S.Na/c10-5(11,3-1-2-4-6(12,13)14)7(15,16)8(17,18)9(19,20)24(21,22)23;/h1-4H2,(H,21,22,23);/q;+1/p-1. The molecule has 0 spiro atoms. The van der Waals surface area contributed by atoms with E-state index in [9.17, 15) is 61.3 Å². The second-order valence-electron chi connectivity index (χ2n) is 4.65. The third-order valence-electron chi connectivity index (χ3n) is 2.73. The van der Waals surface area contributed by atoms with Crippen molar-refractivity contribution in [3.63, 3.8) is 0 Å². The van der Waals surface area contributed by atoms with E-state index in [0.29, 0.717) is 0 Å². The monoisotopic (exact) mass is 428 g/mol. The molecule has 146 valence electrons. The van der Waals surface area contributed by atoms with Gasteiger partial charge < -0.3 is 4.55 Å². The van der Waals surface area contributed by atoms with Gasteiger partial charge in [0.05, 0.1) is 0 Å². The average molecular weight is 428 g/mol. The number of unbranched alkanes of at least 4 members (excludes halogenated alkanes) is 1. The molecule has 0 atom stereocenters. The van der Waals surface area contributed by atoms with E-state index in [1.807, 2.05) is 0 Å². The number of halogens is 11. The summed E-state index contributed by atoms with van der Waals surface area (Å²) in [7, 11) is -7.44. The van der Waals surface area contributed by atoms with Gasteiger partial charge in [0, 0.05) is 12.8 Å². The van der Waals surface area contributed by atoms with Gasteiger partial charge in [0.15, 0.2) is 10.1 Å². The summed E-state index contributed by atoms with van der Waals surface area (Å²) in [6.07, 6.45) is -11.6. The zero-order valence-corrected chi connectivity index (χ0v) is 14.9. The van der Waals surface area contributed by atoms with Crippen molar-refractivity contribution in [2.45, 2.75) is 54.9 Å². The van der Waals surface area contributed by atoms with Crippen molar-refractivity contribution in [1.29, 1.82) is 0 Å². The molecule has 3 nitrogen and oxygen atoms in total. The summed E-state index contributed by atoms with van der Waals surface area (Å²) in [5, 5.41) is -7.07. The van der Waals surface area contributed by atoms with Gasteiger partial charge >= 0.3 is 58.8 Å². The van der Waals surface area contributed by atoms with Crippen LogP contribution >= 0.6 is 0 Å². The van der Waals surface area contributed by atoms with E-state index in [2.05, 4.69) is 0 Å². The summed E-state index contributed by atoms with van der Waals surface area (Å²) in [5.74, 6) is -20.3. The fraction of sp³-hybridized carbons (Fsp3) is 1.00. The summed E-state index contributed by atoms with van der Waals surface area (Å²) in [4.78, 5) is 0. The van der Waals surface area contributed by atoms with Gasteiger partial charge in [-0.25, -0.2) is 8.42 Å². The average Bonchev–Trinajstić information content (AvgIpc) is 2.31. The van der Waals surface area contributed by atoms with Gasteiger partial charge in [-0.3, -0.25) is 0 Å². The van der Waals surface area contributed by atoms with Gasteiger partial charge in [-0.15, -0.1) is 0 Å². The van der Waals surface area contributed by atoms with E-state index in [1.54, 1.807) is 0 Å². The Bertz CT molecular complexity index is 543. The van der Waals surface area contributed by atoms with Crippen LogP contribution in [0.3, 0.4) is 0 Å². The molecule has 0 aromatic rings. The minimum Gasteiger partial charge on any atom is -0.743 e. The van der Waals surface area contributed by atoms with E-state index in [1.165, 1.54) is 0 Å². The molecule has 25 heavy (non-hydrogen) atoms. The van der Waals surface area contributed by atoms with Crippen LogP contribution in [0.25, 0.3) is 0 Å². The Morgan fingerprint density at radius 2 is 1.04 bits per heavy atom. The molecular formula is C9H8F11NaO3S. The van der Waals surface area contributed by atoms with Crippen molar-refractivity contribution in [2.75, 3.05) is 0 Å². The quantitative estimate of drug-likeness (QED) is 0.253. The summed E-state index contributed by atoms with van der Waals surface area (Å²) in [6, 6.07) is 0. The van der Waals surface area contributed by atoms with Crippen LogP contribution < -0.4 is 29.6 Å². The van der Waals surface area contributed by atoms with Crippen LogP contribution in [0, 0.1) is 0 Å². The molecule has 0 saturated heterocycles. The zero-order valence-electron chi connectivity index (χ0n) is 12.1. The number of alkyl halides is 11. The molecule has 0 radical (unpaired) electrons. The largest absolute Gasteiger partial charge is 1.00 e. The number of rotatable bonds is 8. The van der Waals surface area contributed by atoms with Crippen LogP contribution in [0.4, 0.5) is 48.3 Å². The van der Waals surface area contributed by atoms with Gasteiger partial charge in [0.2, 0.25) is 0 Å². The molecule has 0 aliphatic rings. The zero-order chi connectivity index (χ0) is 19.8. The first-order chi connectivity index (χ1) is 10.2. The van der Waals surface area contributed by atoms with E-state index < -0.39 is 65.0 Å². The van der Waals surface area contributed by atoms with E-state index in [0.717, 1.165) is 0 Å². The molecule has 0 fully saturated rings. The maximum Gasteiger partial charge on any atom is 1.00 e. The Labute approximate surface area is 156 Å². The molecule has 0 N–H and O–H groups in total. The van der Waals surface area contributed by atoms with Crippen molar-refractivity contribution in [2.24, 2.45) is 0 Å². The molecule has 0 saturated carbocycles. The predicted molar refractivity (Wildman–Crippen MR) is 54.0 cm³/mol. The smallest absolute Gasteiger partial charge is 0.743 e. The summed E-state index contributed by atoms with van der Waals surface area (Å²) in [5.41, 5.74) is 0. The van der Waals surface area contributed by atoms with Crippen molar-refractivity contribution in [3.8, 4) is 0 Å². The van der Waals surface area contributed by atoms with Crippen LogP contribution in [0.1, 0.15) is 25.7 Å². The first-order valence-corrected chi connectivity index (χ1v) is 7.15. The Kier molecular flexibility index (Phi) is 8.78. The fourth-order valence-electron chi connectivity index (χ4n) is 1.40. The van der Waals surface area contributed by atoms with Gasteiger partial charge in [-0.1, -0.05) is 0 Å². The number of hydrogen-bond acceptors (Lipinski definition) is 3. The van der Waals surface area contributed by atoms with Gasteiger partial charge in [0.25, 0.3) is 0 Å². The third-order valence-corrected chi connectivity index (χ3v) is 3.62. The van der Waals surface area contributed by atoms with Crippen LogP contribution in [0.15, 0.2) is 0 Å². The minimum atomic E-state index is -7.44. The molecule has 0 bridgehead atoms. The maximum atomic E-state index is 13.1. The van der Waals surface area contributed by atoms with Gasteiger partial charge in [-0.05, 0) is 12.8 Å². The molecule has 0 aliphatic heterocycles. The van der Waals surface area contributed by atoms with Gasteiger partial charge in [0.1, 0.15) is 0 Å². The Morgan fingerprint density at radius 1 is 0.680 bits per heavy atom. The first-order valence-electron chi connectivity index (χ1n) is 5.74. The van der Waals surface area contributed by atoms with Crippen molar-refractivity contribution in [1.82, 2.24) is 0 Å². The van der Waals surface area contributed by atoms with Crippen LogP contribution in [0.2, 0.25) is 0 Å². The summed E-state index contributed by atoms with van der Waals surface area (Å²) < 4.78 is 169. The molecule has 0 aromatic carbocycles. The molecule has 0 aromatic heterocycles. The second-order valence-corrected chi connectivity index (χ2v) is 6.07. The first kappa shape index (κ1) is 27.4. The second kappa shape index (κ2) is 8.02. The molecule has 0 amide bonds. The van der Waals surface area contributed by atoms with Crippen LogP contribution in [-0.4, -0.2) is 42.2 Å². The van der Waals surface area contributed by atoms with Crippen molar-refractivity contribution >= 4 is 10.1 Å². The predicted octanol–water partition coefficient (Wildman–Crippen LogP) is 1.16. The molecule has 0 aliphatic carbocycles. The van der Waals surface area contributed by atoms with Gasteiger partial charge in [-0.2, -0.15) is 48.3 Å².